The van der Waals surface area contributed by atoms with Gasteiger partial charge in [0.15, 0.2) is 0 Å². The average Bonchev–Trinajstić information content (AvgIpc) is 2.74. The molecular formula is C19H35. The van der Waals surface area contributed by atoms with Gasteiger partial charge in [-0.1, -0.05) is 103 Å². The predicted molar refractivity (Wildman–Crippen MR) is 85.1 cm³/mol. The van der Waals surface area contributed by atoms with Crippen molar-refractivity contribution in [2.24, 2.45) is 17.8 Å². The Morgan fingerprint density at radius 1 is 0.789 bits per heavy atom. The molecule has 1 radical (unpaired) electrons. The fraction of sp³-hybridized carbons (Fsp3) is 0.947. The minimum atomic E-state index is 0.946. The quantitative estimate of drug-likeness (QED) is 0.477. The van der Waals surface area contributed by atoms with Crippen LogP contribution in [0.3, 0.4) is 0 Å². The molecule has 0 amide bonds. The van der Waals surface area contributed by atoms with Crippen molar-refractivity contribution in [1.82, 2.24) is 0 Å². The number of hydrogen-bond donors (Lipinski definition) is 0. The van der Waals surface area contributed by atoms with Gasteiger partial charge in [0, 0.05) is 0 Å². The van der Waals surface area contributed by atoms with Crippen molar-refractivity contribution in [3.63, 3.8) is 0 Å². The molecule has 111 valence electrons. The van der Waals surface area contributed by atoms with E-state index in [1.54, 1.807) is 0 Å². The Morgan fingerprint density at radius 2 is 1.37 bits per heavy atom. The van der Waals surface area contributed by atoms with Crippen LogP contribution in [-0.2, 0) is 0 Å². The second-order valence-corrected chi connectivity index (χ2v) is 7.24. The van der Waals surface area contributed by atoms with Crippen LogP contribution in [-0.4, -0.2) is 0 Å². The summed E-state index contributed by atoms with van der Waals surface area (Å²) >= 11 is 0. The molecule has 2 fully saturated rings. The standard InChI is InChI=1S/C19H35/c1-2-18(19-14-8-3-4-9-15-19)16-10-13-17-11-6-5-7-12-17/h17-19H,1-16H2. The highest BCUT2D eigenvalue weighted by Crippen LogP contribution is 2.35. The molecule has 0 aromatic rings. The molecule has 2 aliphatic rings. The van der Waals surface area contributed by atoms with Crippen LogP contribution >= 0.6 is 0 Å². The minimum absolute atomic E-state index is 0.946. The summed E-state index contributed by atoms with van der Waals surface area (Å²) in [6, 6.07) is 0. The van der Waals surface area contributed by atoms with Crippen LogP contribution in [0.25, 0.3) is 0 Å². The Hall–Kier alpha value is 0. The van der Waals surface area contributed by atoms with Gasteiger partial charge >= 0.3 is 0 Å². The van der Waals surface area contributed by atoms with Gasteiger partial charge in [-0.25, -0.2) is 0 Å². The highest BCUT2D eigenvalue weighted by Gasteiger charge is 2.21. The first-order valence-corrected chi connectivity index (χ1v) is 9.19. The highest BCUT2D eigenvalue weighted by atomic mass is 14.3. The normalized spacial score (nSPS) is 25.1. The van der Waals surface area contributed by atoms with E-state index in [-0.39, 0.29) is 0 Å². The molecule has 0 spiro atoms. The zero-order valence-corrected chi connectivity index (χ0v) is 13.0. The summed E-state index contributed by atoms with van der Waals surface area (Å²) in [7, 11) is 0. The lowest BCUT2D eigenvalue weighted by Crippen LogP contribution is -2.14. The van der Waals surface area contributed by atoms with E-state index < -0.39 is 0 Å². The maximum absolute atomic E-state index is 4.26. The first-order valence-electron chi connectivity index (χ1n) is 9.19. The second kappa shape index (κ2) is 9.03. The summed E-state index contributed by atoms with van der Waals surface area (Å²) in [5.41, 5.74) is 0. The molecule has 0 N–H and O–H groups in total. The van der Waals surface area contributed by atoms with Crippen molar-refractivity contribution in [2.45, 2.75) is 96.3 Å². The van der Waals surface area contributed by atoms with Gasteiger partial charge in [0.1, 0.15) is 0 Å². The predicted octanol–water partition coefficient (Wildman–Crippen LogP) is 6.55. The van der Waals surface area contributed by atoms with Gasteiger partial charge in [-0.3, -0.25) is 0 Å². The zero-order chi connectivity index (χ0) is 13.3. The van der Waals surface area contributed by atoms with Crippen molar-refractivity contribution in [3.8, 4) is 0 Å². The molecule has 0 aliphatic heterocycles. The van der Waals surface area contributed by atoms with E-state index in [1.165, 1.54) is 96.3 Å². The van der Waals surface area contributed by atoms with Crippen LogP contribution in [0.4, 0.5) is 0 Å². The topological polar surface area (TPSA) is 0 Å². The first kappa shape index (κ1) is 15.4. The Balaban J connectivity index is 1.66. The highest BCUT2D eigenvalue weighted by molar-refractivity contribution is 4.75. The summed E-state index contributed by atoms with van der Waals surface area (Å²) in [5.74, 6) is 3.04. The van der Waals surface area contributed by atoms with Crippen LogP contribution < -0.4 is 0 Å². The third-order valence-electron chi connectivity index (χ3n) is 5.85. The van der Waals surface area contributed by atoms with E-state index in [2.05, 4.69) is 6.92 Å². The van der Waals surface area contributed by atoms with Crippen LogP contribution in [0.15, 0.2) is 0 Å². The van der Waals surface area contributed by atoms with Crippen molar-refractivity contribution < 1.29 is 0 Å². The summed E-state index contributed by atoms with van der Waals surface area (Å²) in [6.07, 6.45) is 22.2. The smallest absolute Gasteiger partial charge is 0.0386 e. The summed E-state index contributed by atoms with van der Waals surface area (Å²) in [4.78, 5) is 0. The van der Waals surface area contributed by atoms with E-state index in [0.29, 0.717) is 0 Å². The lowest BCUT2D eigenvalue weighted by Gasteiger charge is -2.27. The third kappa shape index (κ3) is 5.48. The Morgan fingerprint density at radius 3 is 2.00 bits per heavy atom. The molecule has 0 bridgehead atoms. The molecule has 0 aromatic heterocycles. The SMILES string of the molecule is [CH2]CC(CCCC1CCCCC1)C1CCCCCC1. The van der Waals surface area contributed by atoms with E-state index in [0.717, 1.165) is 17.8 Å². The molecule has 2 rings (SSSR count). The lowest BCUT2D eigenvalue weighted by molar-refractivity contribution is 0.258. The molecule has 1 unspecified atom stereocenters. The lowest BCUT2D eigenvalue weighted by atomic mass is 9.79. The Bertz CT molecular complexity index is 206. The molecule has 0 heterocycles. The van der Waals surface area contributed by atoms with E-state index >= 15 is 0 Å². The molecule has 2 aliphatic carbocycles. The largest absolute Gasteiger partial charge is 0.0533 e. The van der Waals surface area contributed by atoms with Crippen molar-refractivity contribution in [1.29, 1.82) is 0 Å². The van der Waals surface area contributed by atoms with Crippen LogP contribution in [0.5, 0.6) is 0 Å². The average molecular weight is 263 g/mol. The zero-order valence-electron chi connectivity index (χ0n) is 13.0. The third-order valence-corrected chi connectivity index (χ3v) is 5.85. The molecule has 0 heteroatoms. The fourth-order valence-corrected chi connectivity index (χ4v) is 4.54. The molecule has 0 nitrogen and oxygen atoms in total. The van der Waals surface area contributed by atoms with Crippen LogP contribution in [0.2, 0.25) is 0 Å². The minimum Gasteiger partial charge on any atom is -0.0533 e. The van der Waals surface area contributed by atoms with Crippen molar-refractivity contribution in [2.75, 3.05) is 0 Å². The summed E-state index contributed by atoms with van der Waals surface area (Å²) in [6.45, 7) is 4.26. The second-order valence-electron chi connectivity index (χ2n) is 7.24. The summed E-state index contributed by atoms with van der Waals surface area (Å²) < 4.78 is 0. The van der Waals surface area contributed by atoms with Gasteiger partial charge in [0.05, 0.1) is 0 Å². The fourth-order valence-electron chi connectivity index (χ4n) is 4.54. The van der Waals surface area contributed by atoms with Crippen molar-refractivity contribution >= 4 is 0 Å². The Kier molecular flexibility index (Phi) is 7.32. The van der Waals surface area contributed by atoms with E-state index in [4.69, 9.17) is 0 Å². The van der Waals surface area contributed by atoms with E-state index in [1.807, 2.05) is 0 Å². The Labute approximate surface area is 121 Å². The number of rotatable bonds is 6. The van der Waals surface area contributed by atoms with Gasteiger partial charge in [-0.05, 0) is 17.8 Å². The number of hydrogen-bond acceptors (Lipinski definition) is 0. The molecule has 0 saturated heterocycles. The first-order chi connectivity index (χ1) is 9.40. The van der Waals surface area contributed by atoms with Crippen molar-refractivity contribution in [3.05, 3.63) is 6.92 Å². The molecule has 2 saturated carbocycles. The van der Waals surface area contributed by atoms with Gasteiger partial charge in [-0.15, -0.1) is 0 Å². The molecule has 19 heavy (non-hydrogen) atoms. The summed E-state index contributed by atoms with van der Waals surface area (Å²) in [5, 5.41) is 0. The van der Waals surface area contributed by atoms with Gasteiger partial charge in [-0.2, -0.15) is 0 Å². The maximum Gasteiger partial charge on any atom is -0.0386 e. The molecular weight excluding hydrogens is 228 g/mol. The van der Waals surface area contributed by atoms with Crippen LogP contribution in [0.1, 0.15) is 96.3 Å². The van der Waals surface area contributed by atoms with E-state index in [9.17, 15) is 0 Å². The maximum atomic E-state index is 4.26. The molecule has 0 aromatic carbocycles. The molecule has 1 atom stereocenters. The van der Waals surface area contributed by atoms with Gasteiger partial charge in [0.25, 0.3) is 0 Å². The van der Waals surface area contributed by atoms with Gasteiger partial charge < -0.3 is 0 Å². The monoisotopic (exact) mass is 263 g/mol. The van der Waals surface area contributed by atoms with Gasteiger partial charge in [0.2, 0.25) is 0 Å². The van der Waals surface area contributed by atoms with Crippen LogP contribution in [0, 0.1) is 24.7 Å².